The highest BCUT2D eigenvalue weighted by atomic mass is 19.4. The average molecular weight is 499 g/mol. The van der Waals surface area contributed by atoms with Crippen LogP contribution in [0, 0.1) is 0 Å². The molecular formula is C27H24F3NO5. The van der Waals surface area contributed by atoms with E-state index in [4.69, 9.17) is 9.47 Å². The van der Waals surface area contributed by atoms with Gasteiger partial charge in [0.25, 0.3) is 0 Å². The van der Waals surface area contributed by atoms with Crippen LogP contribution in [0.5, 0.6) is 5.75 Å². The molecule has 0 spiro atoms. The lowest BCUT2D eigenvalue weighted by molar-refractivity contribution is -0.138. The van der Waals surface area contributed by atoms with Gasteiger partial charge >= 0.3 is 18.2 Å². The summed E-state index contributed by atoms with van der Waals surface area (Å²) in [5.41, 5.74) is 1.44. The fraction of sp³-hybridized carbons (Fsp3) is 0.259. The van der Waals surface area contributed by atoms with Crippen LogP contribution in [0.25, 0.3) is 11.1 Å². The van der Waals surface area contributed by atoms with Crippen LogP contribution >= 0.6 is 0 Å². The van der Waals surface area contributed by atoms with Crippen molar-refractivity contribution in [1.29, 1.82) is 0 Å². The largest absolute Gasteiger partial charge is 0.496 e. The van der Waals surface area contributed by atoms with Crippen molar-refractivity contribution < 1.29 is 37.3 Å². The molecule has 9 heteroatoms. The molecule has 0 radical (unpaired) electrons. The zero-order valence-electron chi connectivity index (χ0n) is 19.6. The molecule has 0 unspecified atom stereocenters. The molecule has 1 saturated heterocycles. The molecule has 1 aliphatic rings. The van der Waals surface area contributed by atoms with Gasteiger partial charge in [0.05, 0.1) is 31.7 Å². The van der Waals surface area contributed by atoms with Crippen molar-refractivity contribution in [2.24, 2.45) is 0 Å². The number of hydrogen-bond acceptors (Lipinski definition) is 4. The van der Waals surface area contributed by atoms with Gasteiger partial charge in [-0.05, 0) is 53.4 Å². The summed E-state index contributed by atoms with van der Waals surface area (Å²) >= 11 is 0. The van der Waals surface area contributed by atoms with Crippen LogP contribution in [0.3, 0.4) is 0 Å². The maximum absolute atomic E-state index is 13.6. The number of halogens is 3. The highest BCUT2D eigenvalue weighted by molar-refractivity contribution is 5.78. The van der Waals surface area contributed by atoms with Gasteiger partial charge in [0, 0.05) is 5.56 Å². The molecule has 1 N–H and O–H groups in total. The van der Waals surface area contributed by atoms with Crippen molar-refractivity contribution in [2.45, 2.75) is 38.2 Å². The third kappa shape index (κ3) is 5.15. The molecule has 1 heterocycles. The summed E-state index contributed by atoms with van der Waals surface area (Å²) < 4.78 is 51.8. The second-order valence-electron chi connectivity index (χ2n) is 8.56. The monoisotopic (exact) mass is 499 g/mol. The Bertz CT molecular complexity index is 1280. The molecule has 0 aromatic heterocycles. The second-order valence-corrected chi connectivity index (χ2v) is 8.56. The first-order valence-electron chi connectivity index (χ1n) is 11.2. The van der Waals surface area contributed by atoms with Crippen LogP contribution in [0.1, 0.15) is 35.3 Å². The Morgan fingerprint density at radius 1 is 1.06 bits per heavy atom. The molecular weight excluding hydrogens is 475 g/mol. The first-order valence-corrected chi connectivity index (χ1v) is 11.2. The fourth-order valence-electron chi connectivity index (χ4n) is 4.40. The Morgan fingerprint density at radius 2 is 1.78 bits per heavy atom. The molecule has 3 aromatic carbocycles. The third-order valence-electron chi connectivity index (χ3n) is 6.20. The number of nitrogens with zero attached hydrogens (tertiary/aromatic N) is 1. The minimum atomic E-state index is -4.59. The highest BCUT2D eigenvalue weighted by Gasteiger charge is 2.40. The van der Waals surface area contributed by atoms with Crippen molar-refractivity contribution in [3.8, 4) is 16.9 Å². The van der Waals surface area contributed by atoms with E-state index in [0.29, 0.717) is 22.4 Å². The first-order chi connectivity index (χ1) is 17.1. The first kappa shape index (κ1) is 25.1. The lowest BCUT2D eigenvalue weighted by Gasteiger charge is -2.24. The van der Waals surface area contributed by atoms with E-state index in [1.807, 2.05) is 30.3 Å². The Labute approximate surface area is 205 Å². The van der Waals surface area contributed by atoms with E-state index in [-0.39, 0.29) is 18.5 Å². The van der Waals surface area contributed by atoms with Crippen LogP contribution in [0.2, 0.25) is 0 Å². The molecule has 36 heavy (non-hydrogen) atoms. The number of carbonyl (C=O) groups is 2. The van der Waals surface area contributed by atoms with Crippen molar-refractivity contribution in [2.75, 3.05) is 7.11 Å². The van der Waals surface area contributed by atoms with Crippen LogP contribution < -0.4 is 4.74 Å². The number of amides is 1. The van der Waals surface area contributed by atoms with Gasteiger partial charge in [0.1, 0.15) is 11.9 Å². The number of alkyl halides is 3. The Balaban J connectivity index is 1.78. The zero-order valence-corrected chi connectivity index (χ0v) is 19.6. The third-order valence-corrected chi connectivity index (χ3v) is 6.20. The molecule has 2 atom stereocenters. The number of aliphatic carboxylic acids is 1. The van der Waals surface area contributed by atoms with Gasteiger partial charge in [-0.1, -0.05) is 42.5 Å². The van der Waals surface area contributed by atoms with Crippen molar-refractivity contribution in [3.63, 3.8) is 0 Å². The smallest absolute Gasteiger partial charge is 0.416 e. The summed E-state index contributed by atoms with van der Waals surface area (Å²) in [6.07, 6.45) is -6.05. The maximum atomic E-state index is 13.6. The summed E-state index contributed by atoms with van der Waals surface area (Å²) in [7, 11) is 1.42. The number of carboxylic acids is 1. The van der Waals surface area contributed by atoms with Crippen LogP contribution in [0.4, 0.5) is 18.0 Å². The van der Waals surface area contributed by atoms with E-state index in [1.165, 1.54) is 18.1 Å². The summed E-state index contributed by atoms with van der Waals surface area (Å²) in [6.45, 7) is 1.64. The van der Waals surface area contributed by atoms with Gasteiger partial charge in [-0.15, -0.1) is 0 Å². The standard InChI is InChI=1S/C27H24F3NO5/c1-16-25(18-6-4-3-5-7-18)36-26(34)31(16)15-19-14-20(27(28,29)30)9-10-21(19)22-12-17(13-24(32)33)8-11-23(22)35-2/h3-12,14,16,25H,13,15H2,1-2H3,(H,32,33)/t16-,25-/m1/s1. The number of benzene rings is 3. The lowest BCUT2D eigenvalue weighted by Crippen LogP contribution is -2.31. The van der Waals surface area contributed by atoms with Crippen LogP contribution in [0.15, 0.2) is 66.7 Å². The predicted molar refractivity (Wildman–Crippen MR) is 125 cm³/mol. The van der Waals surface area contributed by atoms with Gasteiger partial charge in [-0.3, -0.25) is 9.69 Å². The molecule has 188 valence electrons. The molecule has 1 amide bonds. The topological polar surface area (TPSA) is 76.1 Å². The fourth-order valence-corrected chi connectivity index (χ4v) is 4.40. The maximum Gasteiger partial charge on any atom is 0.416 e. The van der Waals surface area contributed by atoms with E-state index < -0.39 is 35.9 Å². The molecule has 4 rings (SSSR count). The summed E-state index contributed by atoms with van der Waals surface area (Å²) in [5, 5.41) is 9.19. The predicted octanol–water partition coefficient (Wildman–Crippen LogP) is 6.09. The molecule has 1 aliphatic heterocycles. The highest BCUT2D eigenvalue weighted by Crippen LogP contribution is 2.40. The molecule has 0 bridgehead atoms. The van der Waals surface area contributed by atoms with Gasteiger partial charge in [0.2, 0.25) is 0 Å². The zero-order chi connectivity index (χ0) is 26.0. The molecule has 0 aliphatic carbocycles. The van der Waals surface area contributed by atoms with Gasteiger partial charge in [-0.25, -0.2) is 4.79 Å². The SMILES string of the molecule is COc1ccc(CC(=O)O)cc1-c1ccc(C(F)(F)F)cc1CN1C(=O)O[C@@H](c2ccccc2)[C@H]1C. The Hall–Kier alpha value is -4.01. The Morgan fingerprint density at radius 3 is 2.42 bits per heavy atom. The second kappa shape index (κ2) is 9.93. The number of cyclic esters (lactones) is 1. The molecule has 1 fully saturated rings. The number of hydrogen-bond donors (Lipinski definition) is 1. The molecule has 3 aromatic rings. The van der Waals surface area contributed by atoms with E-state index in [9.17, 15) is 27.9 Å². The summed E-state index contributed by atoms with van der Waals surface area (Å²) in [6, 6.07) is 16.7. The number of carboxylic acid groups (broad SMARTS) is 1. The van der Waals surface area contributed by atoms with E-state index in [0.717, 1.165) is 17.7 Å². The molecule has 0 saturated carbocycles. The summed E-state index contributed by atoms with van der Waals surface area (Å²) in [5.74, 6) is -0.677. The van der Waals surface area contributed by atoms with Gasteiger partial charge in [0.15, 0.2) is 0 Å². The minimum Gasteiger partial charge on any atom is -0.496 e. The van der Waals surface area contributed by atoms with E-state index in [1.54, 1.807) is 25.1 Å². The number of ether oxygens (including phenoxy) is 2. The van der Waals surface area contributed by atoms with E-state index >= 15 is 0 Å². The van der Waals surface area contributed by atoms with Crippen molar-refractivity contribution in [3.05, 3.63) is 89.0 Å². The molecule has 6 nitrogen and oxygen atoms in total. The van der Waals surface area contributed by atoms with Crippen LogP contribution in [-0.4, -0.2) is 35.2 Å². The lowest BCUT2D eigenvalue weighted by atomic mass is 9.94. The number of methoxy groups -OCH3 is 1. The van der Waals surface area contributed by atoms with Crippen LogP contribution in [-0.2, 0) is 28.7 Å². The minimum absolute atomic E-state index is 0.144. The Kier molecular flexibility index (Phi) is 6.92. The number of carbonyl (C=O) groups excluding carboxylic acids is 1. The van der Waals surface area contributed by atoms with Crippen molar-refractivity contribution in [1.82, 2.24) is 4.90 Å². The average Bonchev–Trinajstić information content (AvgIpc) is 3.12. The normalized spacial score (nSPS) is 17.7. The summed E-state index contributed by atoms with van der Waals surface area (Å²) in [4.78, 5) is 25.4. The van der Waals surface area contributed by atoms with E-state index in [2.05, 4.69) is 0 Å². The number of rotatable bonds is 7. The van der Waals surface area contributed by atoms with Gasteiger partial charge in [-0.2, -0.15) is 13.2 Å². The quantitative estimate of drug-likeness (QED) is 0.426. The van der Waals surface area contributed by atoms with Gasteiger partial charge < -0.3 is 14.6 Å². The van der Waals surface area contributed by atoms with Crippen molar-refractivity contribution >= 4 is 12.1 Å².